The van der Waals surface area contributed by atoms with Gasteiger partial charge >= 0.3 is 0 Å². The van der Waals surface area contributed by atoms with Gasteiger partial charge in [0, 0.05) is 38.3 Å². The van der Waals surface area contributed by atoms with Crippen molar-refractivity contribution in [1.29, 1.82) is 0 Å². The van der Waals surface area contributed by atoms with E-state index in [9.17, 15) is 9.59 Å². The molecule has 2 aliphatic heterocycles. The maximum atomic E-state index is 10.3. The van der Waals surface area contributed by atoms with Crippen molar-refractivity contribution in [2.24, 2.45) is 17.2 Å². The third kappa shape index (κ3) is 11.5. The van der Waals surface area contributed by atoms with Gasteiger partial charge in [-0.15, -0.1) is 0 Å². The zero-order valence-corrected chi connectivity index (χ0v) is 17.2. The first-order valence-electron chi connectivity index (χ1n) is 10.4. The largest absolute Gasteiger partial charge is 0.449 e. The van der Waals surface area contributed by atoms with Gasteiger partial charge in [-0.3, -0.25) is 19.4 Å². The van der Waals surface area contributed by atoms with E-state index in [2.05, 4.69) is 9.80 Å². The minimum absolute atomic E-state index is 0. The summed E-state index contributed by atoms with van der Waals surface area (Å²) >= 11 is 0. The minimum atomic E-state index is -0.0574. The molecule has 2 aliphatic rings. The van der Waals surface area contributed by atoms with Crippen LogP contribution in [0.1, 0.15) is 59.3 Å². The molecule has 172 valence electrons. The number of nitrogens with two attached hydrogens (primary N) is 3. The van der Waals surface area contributed by atoms with Crippen molar-refractivity contribution in [3.63, 3.8) is 0 Å². The SMILES string of the molecule is C.C[C@H](N)CN1CCC[C@H]1OC=O.NCCCC[C@@H](N)CN1CCC[C@H]1OC=O. The van der Waals surface area contributed by atoms with Crippen LogP contribution in [0.4, 0.5) is 0 Å². The zero-order valence-electron chi connectivity index (χ0n) is 17.2. The van der Waals surface area contributed by atoms with Crippen LogP contribution in [-0.2, 0) is 19.1 Å². The molecule has 0 aliphatic carbocycles. The van der Waals surface area contributed by atoms with Crippen molar-refractivity contribution >= 4 is 12.9 Å². The number of hydrogen-bond donors (Lipinski definition) is 3. The van der Waals surface area contributed by atoms with E-state index in [1.165, 1.54) is 0 Å². The number of nitrogens with zero attached hydrogens (tertiary/aromatic N) is 2. The van der Waals surface area contributed by atoms with E-state index in [4.69, 9.17) is 26.7 Å². The molecule has 0 aromatic carbocycles. The molecule has 2 saturated heterocycles. The van der Waals surface area contributed by atoms with Gasteiger partial charge in [-0.25, -0.2) is 0 Å². The highest BCUT2D eigenvalue weighted by Gasteiger charge is 2.27. The molecule has 0 bridgehead atoms. The summed E-state index contributed by atoms with van der Waals surface area (Å²) in [6.07, 6.45) is 7.03. The normalized spacial score (nSPS) is 24.0. The lowest BCUT2D eigenvalue weighted by molar-refractivity contribution is -0.141. The fourth-order valence-corrected chi connectivity index (χ4v) is 3.76. The first kappa shape index (κ1) is 27.7. The second-order valence-electron chi connectivity index (χ2n) is 7.67. The Labute approximate surface area is 176 Å². The van der Waals surface area contributed by atoms with Crippen molar-refractivity contribution in [1.82, 2.24) is 9.80 Å². The molecule has 0 saturated carbocycles. The van der Waals surface area contributed by atoms with Crippen LogP contribution < -0.4 is 17.2 Å². The molecule has 9 nitrogen and oxygen atoms in total. The first-order valence-corrected chi connectivity index (χ1v) is 10.4. The molecule has 9 heteroatoms. The van der Waals surface area contributed by atoms with E-state index in [0.717, 1.165) is 77.7 Å². The van der Waals surface area contributed by atoms with Crippen LogP contribution in [0, 0.1) is 0 Å². The molecular formula is C20H43N5O4. The van der Waals surface area contributed by atoms with Crippen LogP contribution in [0.3, 0.4) is 0 Å². The summed E-state index contributed by atoms with van der Waals surface area (Å²) in [4.78, 5) is 24.7. The van der Waals surface area contributed by atoms with Crippen molar-refractivity contribution in [3.8, 4) is 0 Å². The Morgan fingerprint density at radius 3 is 1.93 bits per heavy atom. The molecule has 29 heavy (non-hydrogen) atoms. The van der Waals surface area contributed by atoms with Gasteiger partial charge in [0.15, 0.2) is 12.5 Å². The predicted molar refractivity (Wildman–Crippen MR) is 115 cm³/mol. The number of carbonyl (C=O) groups is 2. The lowest BCUT2D eigenvalue weighted by Gasteiger charge is -2.25. The fourth-order valence-electron chi connectivity index (χ4n) is 3.76. The molecule has 4 atom stereocenters. The summed E-state index contributed by atoms with van der Waals surface area (Å²) in [6.45, 7) is 7.31. The Balaban J connectivity index is 0.000000542. The molecule has 0 aromatic heterocycles. The quantitative estimate of drug-likeness (QED) is 0.308. The number of rotatable bonds is 12. The van der Waals surface area contributed by atoms with Gasteiger partial charge in [-0.2, -0.15) is 0 Å². The maximum absolute atomic E-state index is 10.3. The fraction of sp³-hybridized carbons (Fsp3) is 0.900. The van der Waals surface area contributed by atoms with E-state index in [1.54, 1.807) is 0 Å². The van der Waals surface area contributed by atoms with Crippen LogP contribution in [-0.4, -0.2) is 80.0 Å². The number of carbonyl (C=O) groups excluding carboxylic acids is 2. The maximum Gasteiger partial charge on any atom is 0.294 e. The molecule has 0 radical (unpaired) electrons. The molecular weight excluding hydrogens is 374 g/mol. The Morgan fingerprint density at radius 2 is 1.48 bits per heavy atom. The molecule has 0 amide bonds. The number of hydrogen-bond acceptors (Lipinski definition) is 9. The third-order valence-electron chi connectivity index (χ3n) is 5.05. The number of likely N-dealkylation sites (tertiary alicyclic amines) is 2. The van der Waals surface area contributed by atoms with E-state index in [0.29, 0.717) is 12.9 Å². The third-order valence-corrected chi connectivity index (χ3v) is 5.05. The summed E-state index contributed by atoms with van der Waals surface area (Å²) in [5.41, 5.74) is 17.1. The van der Waals surface area contributed by atoms with Crippen molar-refractivity contribution < 1.29 is 19.1 Å². The Hall–Kier alpha value is -1.26. The Bertz CT molecular complexity index is 428. The summed E-state index contributed by atoms with van der Waals surface area (Å²) in [6, 6.07) is 0.295. The van der Waals surface area contributed by atoms with Crippen LogP contribution in [0.15, 0.2) is 0 Å². The van der Waals surface area contributed by atoms with Gasteiger partial charge < -0.3 is 26.7 Å². The summed E-state index contributed by atoms with van der Waals surface area (Å²) < 4.78 is 9.92. The molecule has 0 unspecified atom stereocenters. The topological polar surface area (TPSA) is 137 Å². The van der Waals surface area contributed by atoms with Gasteiger partial charge in [0.05, 0.1) is 0 Å². The molecule has 2 rings (SSSR count). The summed E-state index contributed by atoms with van der Waals surface area (Å²) in [5, 5.41) is 0. The highest BCUT2D eigenvalue weighted by molar-refractivity contribution is 5.37. The zero-order chi connectivity index (χ0) is 20.8. The van der Waals surface area contributed by atoms with Crippen LogP contribution >= 0.6 is 0 Å². The monoisotopic (exact) mass is 417 g/mol. The Morgan fingerprint density at radius 1 is 0.966 bits per heavy atom. The van der Waals surface area contributed by atoms with Crippen molar-refractivity contribution in [2.45, 2.75) is 83.8 Å². The lowest BCUT2D eigenvalue weighted by Crippen LogP contribution is -2.41. The highest BCUT2D eigenvalue weighted by atomic mass is 16.5. The van der Waals surface area contributed by atoms with Gasteiger partial charge in [0.2, 0.25) is 0 Å². The van der Waals surface area contributed by atoms with Crippen molar-refractivity contribution in [3.05, 3.63) is 0 Å². The van der Waals surface area contributed by atoms with E-state index in [1.807, 2.05) is 6.92 Å². The lowest BCUT2D eigenvalue weighted by atomic mass is 10.1. The summed E-state index contributed by atoms with van der Waals surface area (Å²) in [5.74, 6) is 0. The van der Waals surface area contributed by atoms with Gasteiger partial charge in [-0.05, 0) is 52.0 Å². The standard InChI is InChI=1S/C11H23N3O2.C8H16N2O2.CH4/c12-6-2-1-4-10(13)8-14-7-3-5-11(14)16-9-15;1-7(9)5-10-4-2-3-8(10)12-6-11;/h9-11H,1-8,12-13H2;6-8H,2-5,9H2,1H3;1H4/t10-,11-;7-,8+;/m10./s1. The molecule has 2 heterocycles. The van der Waals surface area contributed by atoms with Gasteiger partial charge in [-0.1, -0.05) is 13.8 Å². The number of unbranched alkanes of at least 4 members (excludes halogenated alkanes) is 1. The van der Waals surface area contributed by atoms with E-state index in [-0.39, 0.29) is 32.0 Å². The smallest absolute Gasteiger partial charge is 0.294 e. The van der Waals surface area contributed by atoms with Crippen LogP contribution in [0.2, 0.25) is 0 Å². The molecule has 6 N–H and O–H groups in total. The summed E-state index contributed by atoms with van der Waals surface area (Å²) in [7, 11) is 0. The first-order chi connectivity index (χ1) is 13.5. The van der Waals surface area contributed by atoms with Gasteiger partial charge in [0.25, 0.3) is 12.9 Å². The Kier molecular flexibility index (Phi) is 15.8. The van der Waals surface area contributed by atoms with E-state index >= 15 is 0 Å². The van der Waals surface area contributed by atoms with Crippen LogP contribution in [0.25, 0.3) is 0 Å². The molecule has 0 spiro atoms. The second-order valence-corrected chi connectivity index (χ2v) is 7.67. The highest BCUT2D eigenvalue weighted by Crippen LogP contribution is 2.18. The number of ether oxygens (including phenoxy) is 2. The second kappa shape index (κ2) is 16.5. The van der Waals surface area contributed by atoms with Crippen molar-refractivity contribution in [2.75, 3.05) is 32.7 Å². The van der Waals surface area contributed by atoms with Gasteiger partial charge in [0.1, 0.15) is 0 Å². The average Bonchev–Trinajstić information content (AvgIpc) is 3.26. The van der Waals surface area contributed by atoms with E-state index < -0.39 is 0 Å². The predicted octanol–water partition coefficient (Wildman–Crippen LogP) is 0.602. The molecule has 0 aromatic rings. The van der Waals surface area contributed by atoms with Crippen LogP contribution in [0.5, 0.6) is 0 Å². The average molecular weight is 418 g/mol. The minimum Gasteiger partial charge on any atom is -0.449 e. The molecule has 2 fully saturated rings.